The molecule has 0 atom stereocenters. The topological polar surface area (TPSA) is 50.2 Å². The quantitative estimate of drug-likeness (QED) is 0.918. The number of hydrogen-bond donors (Lipinski definition) is 1. The van der Waals surface area contributed by atoms with Gasteiger partial charge in [0.1, 0.15) is 0 Å². The molecule has 118 valence electrons. The molecule has 5 nitrogen and oxygen atoms in total. The fraction of sp³-hybridized carbons (Fsp3) is 0.692. The lowest BCUT2D eigenvalue weighted by atomic mass is 9.96. The fourth-order valence-corrected chi connectivity index (χ4v) is 2.61. The summed E-state index contributed by atoms with van der Waals surface area (Å²) in [6, 6.07) is 0. The summed E-state index contributed by atoms with van der Waals surface area (Å²) in [5, 5.41) is 6.61. The molecule has 1 aliphatic rings. The SMILES string of the molecule is CN(Cc1cn(C)nc1C(F)(F)F)C(=O)C1CCNCC1. The van der Waals surface area contributed by atoms with Crippen molar-refractivity contribution in [1.29, 1.82) is 0 Å². The average Bonchev–Trinajstić information content (AvgIpc) is 2.79. The fourth-order valence-electron chi connectivity index (χ4n) is 2.61. The summed E-state index contributed by atoms with van der Waals surface area (Å²) in [5.41, 5.74) is -0.898. The number of hydrogen-bond acceptors (Lipinski definition) is 3. The van der Waals surface area contributed by atoms with Crippen molar-refractivity contribution < 1.29 is 18.0 Å². The second-order valence-electron chi connectivity index (χ2n) is 5.39. The van der Waals surface area contributed by atoms with Crippen LogP contribution in [0.4, 0.5) is 13.2 Å². The predicted molar refractivity (Wildman–Crippen MR) is 70.3 cm³/mol. The normalized spacial score (nSPS) is 17.0. The molecule has 2 heterocycles. The van der Waals surface area contributed by atoms with Crippen molar-refractivity contribution >= 4 is 5.91 Å². The average molecular weight is 304 g/mol. The van der Waals surface area contributed by atoms with E-state index in [0.717, 1.165) is 30.6 Å². The number of carbonyl (C=O) groups excluding carboxylic acids is 1. The van der Waals surface area contributed by atoms with Gasteiger partial charge in [-0.3, -0.25) is 9.48 Å². The summed E-state index contributed by atoms with van der Waals surface area (Å²) in [6.07, 6.45) is -1.74. The molecule has 1 aromatic heterocycles. The maximum atomic E-state index is 12.9. The van der Waals surface area contributed by atoms with Crippen molar-refractivity contribution in [2.45, 2.75) is 25.6 Å². The number of halogens is 3. The monoisotopic (exact) mass is 304 g/mol. The molecule has 21 heavy (non-hydrogen) atoms. The van der Waals surface area contributed by atoms with Crippen LogP contribution >= 0.6 is 0 Å². The lowest BCUT2D eigenvalue weighted by molar-refractivity contribution is -0.143. The van der Waals surface area contributed by atoms with Crippen LogP contribution in [0.5, 0.6) is 0 Å². The summed E-state index contributed by atoms with van der Waals surface area (Å²) in [5.74, 6) is -0.212. The number of carbonyl (C=O) groups is 1. The van der Waals surface area contributed by atoms with Gasteiger partial charge >= 0.3 is 6.18 Å². The van der Waals surface area contributed by atoms with Crippen LogP contribution in [0.2, 0.25) is 0 Å². The Morgan fingerprint density at radius 1 is 1.48 bits per heavy atom. The van der Waals surface area contributed by atoms with Crippen molar-refractivity contribution in [1.82, 2.24) is 20.0 Å². The Morgan fingerprint density at radius 2 is 2.10 bits per heavy atom. The van der Waals surface area contributed by atoms with E-state index < -0.39 is 11.9 Å². The molecule has 1 fully saturated rings. The van der Waals surface area contributed by atoms with Crippen LogP contribution in [-0.4, -0.2) is 40.7 Å². The summed E-state index contributed by atoms with van der Waals surface area (Å²) < 4.78 is 39.8. The smallest absolute Gasteiger partial charge is 0.341 e. The highest BCUT2D eigenvalue weighted by molar-refractivity contribution is 5.78. The van der Waals surface area contributed by atoms with Gasteiger partial charge in [0.05, 0.1) is 0 Å². The summed E-state index contributed by atoms with van der Waals surface area (Å²) in [7, 11) is 2.98. The largest absolute Gasteiger partial charge is 0.435 e. The standard InChI is InChI=1S/C13H19F3N4O/c1-19(12(21)9-3-5-17-6-4-9)7-10-8-20(2)18-11(10)13(14,15)16/h8-9,17H,3-7H2,1-2H3. The molecule has 8 heteroatoms. The molecule has 0 saturated carbocycles. The number of piperidine rings is 1. The highest BCUT2D eigenvalue weighted by atomic mass is 19.4. The Labute approximate surface area is 121 Å². The molecule has 0 spiro atoms. The maximum Gasteiger partial charge on any atom is 0.435 e. The predicted octanol–water partition coefficient (Wildman–Crippen LogP) is 1.40. The van der Waals surface area contributed by atoms with Crippen molar-refractivity contribution in [3.05, 3.63) is 17.5 Å². The van der Waals surface area contributed by atoms with Gasteiger partial charge in [0, 0.05) is 38.3 Å². The van der Waals surface area contributed by atoms with E-state index in [4.69, 9.17) is 0 Å². The van der Waals surface area contributed by atoms with Gasteiger partial charge in [-0.05, 0) is 25.9 Å². The molecule has 1 aliphatic heterocycles. The number of alkyl halides is 3. The Kier molecular flexibility index (Phi) is 4.55. The van der Waals surface area contributed by atoms with Gasteiger partial charge in [-0.15, -0.1) is 0 Å². The molecule has 2 rings (SSSR count). The zero-order chi connectivity index (χ0) is 15.6. The Balaban J connectivity index is 2.08. The van der Waals surface area contributed by atoms with Gasteiger partial charge in [0.15, 0.2) is 5.69 Å². The zero-order valence-corrected chi connectivity index (χ0v) is 12.1. The number of rotatable bonds is 3. The maximum absolute atomic E-state index is 12.9. The third kappa shape index (κ3) is 3.75. The lowest BCUT2D eigenvalue weighted by Gasteiger charge is -2.27. The van der Waals surface area contributed by atoms with Gasteiger partial charge in [0.25, 0.3) is 0 Å². The number of aryl methyl sites for hydroxylation is 1. The minimum atomic E-state index is -4.50. The van der Waals surface area contributed by atoms with E-state index in [9.17, 15) is 18.0 Å². The van der Waals surface area contributed by atoms with Crippen LogP contribution in [-0.2, 0) is 24.6 Å². The summed E-state index contributed by atoms with van der Waals surface area (Å²) in [6.45, 7) is 1.46. The molecule has 1 N–H and O–H groups in total. The van der Waals surface area contributed by atoms with E-state index in [-0.39, 0.29) is 23.9 Å². The van der Waals surface area contributed by atoms with Gasteiger partial charge in [-0.1, -0.05) is 0 Å². The molecule has 0 radical (unpaired) electrons. The van der Waals surface area contributed by atoms with Crippen molar-refractivity contribution in [2.24, 2.45) is 13.0 Å². The molecule has 0 aromatic carbocycles. The third-order valence-electron chi connectivity index (χ3n) is 3.65. The summed E-state index contributed by atoms with van der Waals surface area (Å²) in [4.78, 5) is 13.6. The first-order valence-corrected chi connectivity index (χ1v) is 6.84. The highest BCUT2D eigenvalue weighted by Crippen LogP contribution is 2.31. The second-order valence-corrected chi connectivity index (χ2v) is 5.39. The van der Waals surface area contributed by atoms with E-state index in [0.29, 0.717) is 0 Å². The van der Waals surface area contributed by atoms with Crippen molar-refractivity contribution in [2.75, 3.05) is 20.1 Å². The molecule has 1 saturated heterocycles. The first kappa shape index (κ1) is 15.8. The molecule has 0 bridgehead atoms. The minimum Gasteiger partial charge on any atom is -0.341 e. The zero-order valence-electron chi connectivity index (χ0n) is 12.1. The summed E-state index contributed by atoms with van der Waals surface area (Å²) >= 11 is 0. The van der Waals surface area contributed by atoms with E-state index in [1.54, 1.807) is 0 Å². The Bertz CT molecular complexity index is 506. The van der Waals surface area contributed by atoms with Gasteiger partial charge in [0.2, 0.25) is 5.91 Å². The van der Waals surface area contributed by atoms with Crippen molar-refractivity contribution in [3.63, 3.8) is 0 Å². The number of amides is 1. The highest BCUT2D eigenvalue weighted by Gasteiger charge is 2.37. The Hall–Kier alpha value is -1.57. The van der Waals surface area contributed by atoms with Crippen LogP contribution < -0.4 is 5.32 Å². The van der Waals surface area contributed by atoms with Gasteiger partial charge < -0.3 is 10.2 Å². The lowest BCUT2D eigenvalue weighted by Crippen LogP contribution is -2.39. The van der Waals surface area contributed by atoms with Gasteiger partial charge in [-0.25, -0.2) is 0 Å². The van der Waals surface area contributed by atoms with E-state index in [1.807, 2.05) is 0 Å². The van der Waals surface area contributed by atoms with E-state index >= 15 is 0 Å². The van der Waals surface area contributed by atoms with Crippen LogP contribution in [0, 0.1) is 5.92 Å². The van der Waals surface area contributed by atoms with E-state index in [1.165, 1.54) is 25.2 Å². The van der Waals surface area contributed by atoms with Crippen LogP contribution in [0.3, 0.4) is 0 Å². The molecule has 0 aliphatic carbocycles. The van der Waals surface area contributed by atoms with Crippen LogP contribution in [0.25, 0.3) is 0 Å². The molecular formula is C13H19F3N4O. The molecule has 1 amide bonds. The number of aromatic nitrogens is 2. The molecule has 1 aromatic rings. The molecule has 0 unspecified atom stereocenters. The third-order valence-corrected chi connectivity index (χ3v) is 3.65. The van der Waals surface area contributed by atoms with Crippen molar-refractivity contribution in [3.8, 4) is 0 Å². The number of nitrogens with one attached hydrogen (secondary N) is 1. The van der Waals surface area contributed by atoms with Crippen LogP contribution in [0.1, 0.15) is 24.1 Å². The minimum absolute atomic E-state index is 0.0229. The van der Waals surface area contributed by atoms with Crippen LogP contribution in [0.15, 0.2) is 6.20 Å². The van der Waals surface area contributed by atoms with Gasteiger partial charge in [-0.2, -0.15) is 18.3 Å². The first-order chi connectivity index (χ1) is 9.79. The first-order valence-electron chi connectivity index (χ1n) is 6.84. The second kappa shape index (κ2) is 6.05. The molecular weight excluding hydrogens is 285 g/mol. The van der Waals surface area contributed by atoms with E-state index in [2.05, 4.69) is 10.4 Å². The Morgan fingerprint density at radius 3 is 2.67 bits per heavy atom. The number of nitrogens with zero attached hydrogens (tertiary/aromatic N) is 3.